The summed E-state index contributed by atoms with van der Waals surface area (Å²) in [6.45, 7) is 10.5. The van der Waals surface area contributed by atoms with Crippen molar-refractivity contribution in [2.75, 3.05) is 31.3 Å². The van der Waals surface area contributed by atoms with Crippen molar-refractivity contribution in [1.29, 1.82) is 0 Å². The van der Waals surface area contributed by atoms with Crippen LogP contribution in [0, 0.1) is 0 Å². The van der Waals surface area contributed by atoms with E-state index in [1.807, 2.05) is 66.2 Å². The smallest absolute Gasteiger partial charge is 0.241 e. The maximum absolute atomic E-state index is 13.8. The van der Waals surface area contributed by atoms with Crippen LogP contribution in [0.3, 0.4) is 0 Å². The molecule has 2 aromatic rings. The van der Waals surface area contributed by atoms with Gasteiger partial charge in [0.2, 0.25) is 12.7 Å². The zero-order valence-corrected chi connectivity index (χ0v) is 23.0. The van der Waals surface area contributed by atoms with Crippen molar-refractivity contribution < 1.29 is 18.8 Å². The summed E-state index contributed by atoms with van der Waals surface area (Å²) in [6, 6.07) is 10.5. The Kier molecular flexibility index (Phi) is 9.71. The number of anilines is 1. The lowest BCUT2D eigenvalue weighted by Gasteiger charge is -2.28. The minimum atomic E-state index is 0.144. The Labute approximate surface area is 227 Å². The average molecular weight is 518 g/mol. The Morgan fingerprint density at radius 3 is 2.92 bits per heavy atom. The van der Waals surface area contributed by atoms with Gasteiger partial charge in [0.1, 0.15) is 12.7 Å². The van der Waals surface area contributed by atoms with Gasteiger partial charge in [0.25, 0.3) is 0 Å². The molecule has 0 N–H and O–H groups in total. The fraction of sp³-hybridized carbons (Fsp3) is 0.452. The molecule has 1 aromatic carbocycles. The minimum absolute atomic E-state index is 0.144. The van der Waals surface area contributed by atoms with Gasteiger partial charge in [-0.25, -0.2) is 4.57 Å². The number of aryl methyl sites for hydroxylation is 1. The van der Waals surface area contributed by atoms with E-state index in [1.165, 1.54) is 5.56 Å². The highest BCUT2D eigenvalue weighted by Gasteiger charge is 2.35. The van der Waals surface area contributed by atoms with Crippen molar-refractivity contribution >= 4 is 17.8 Å². The Morgan fingerprint density at radius 1 is 1.29 bits per heavy atom. The molecule has 0 radical (unpaired) electrons. The summed E-state index contributed by atoms with van der Waals surface area (Å²) in [7, 11) is 1.99. The molecule has 0 saturated carbocycles. The second-order valence-electron chi connectivity index (χ2n) is 10.2. The third kappa shape index (κ3) is 7.10. The summed E-state index contributed by atoms with van der Waals surface area (Å²) >= 11 is 0. The summed E-state index contributed by atoms with van der Waals surface area (Å²) in [5, 5.41) is 0. The third-order valence-electron chi connectivity index (χ3n) is 7.31. The van der Waals surface area contributed by atoms with Gasteiger partial charge in [0.15, 0.2) is 23.9 Å². The quantitative estimate of drug-likeness (QED) is 0.288. The van der Waals surface area contributed by atoms with Gasteiger partial charge in [-0.15, -0.1) is 0 Å². The molecule has 202 valence electrons. The fourth-order valence-corrected chi connectivity index (χ4v) is 5.22. The highest BCUT2D eigenvalue weighted by Crippen LogP contribution is 2.39. The van der Waals surface area contributed by atoms with E-state index in [0.717, 1.165) is 68.1 Å². The van der Waals surface area contributed by atoms with Crippen molar-refractivity contribution in [1.82, 2.24) is 4.90 Å². The van der Waals surface area contributed by atoms with Gasteiger partial charge in [-0.2, -0.15) is 0 Å². The number of unbranched alkanes of at least 4 members (excludes halogenated alkanes) is 1. The van der Waals surface area contributed by atoms with Gasteiger partial charge in [-0.1, -0.05) is 32.1 Å². The lowest BCUT2D eigenvalue weighted by Crippen LogP contribution is -2.43. The molecule has 2 unspecified atom stereocenters. The highest BCUT2D eigenvalue weighted by atomic mass is 16.7. The molecule has 2 aliphatic rings. The van der Waals surface area contributed by atoms with E-state index in [-0.39, 0.29) is 18.7 Å². The number of nitrogens with zero attached hydrogens (tertiary/aromatic N) is 4. The maximum atomic E-state index is 13.8. The van der Waals surface area contributed by atoms with E-state index < -0.39 is 0 Å². The molecule has 1 saturated heterocycles. The number of aromatic nitrogens is 1. The molecule has 4 rings (SSSR count). The first-order valence-corrected chi connectivity index (χ1v) is 13.7. The molecule has 1 amide bonds. The Hall–Kier alpha value is -3.45. The number of likely N-dealkylation sites (tertiary alicyclic amines) is 1. The third-order valence-corrected chi connectivity index (χ3v) is 7.31. The molecule has 0 aliphatic carbocycles. The molecule has 1 fully saturated rings. The van der Waals surface area contributed by atoms with E-state index >= 15 is 0 Å². The van der Waals surface area contributed by atoms with Crippen molar-refractivity contribution in [3.05, 3.63) is 72.7 Å². The van der Waals surface area contributed by atoms with Gasteiger partial charge in [-0.05, 0) is 68.4 Å². The number of hydrogen-bond acceptors (Lipinski definition) is 5. The van der Waals surface area contributed by atoms with Crippen LogP contribution in [-0.4, -0.2) is 49.5 Å². The number of aliphatic imine (C=N–C) groups is 1. The molecular weight excluding hydrogens is 476 g/mol. The van der Waals surface area contributed by atoms with Crippen LogP contribution < -0.4 is 18.9 Å². The summed E-state index contributed by atoms with van der Waals surface area (Å²) in [6.07, 6.45) is 14.4. The normalized spacial score (nSPS) is 19.0. The second-order valence-corrected chi connectivity index (χ2v) is 10.2. The van der Waals surface area contributed by atoms with E-state index in [9.17, 15) is 4.79 Å². The highest BCUT2D eigenvalue weighted by molar-refractivity contribution is 5.94. The number of allylic oxidation sites excluding steroid dienone is 3. The predicted molar refractivity (Wildman–Crippen MR) is 152 cm³/mol. The first-order chi connectivity index (χ1) is 18.5. The first kappa shape index (κ1) is 27.6. The number of rotatable bonds is 12. The average Bonchev–Trinajstić information content (AvgIpc) is 3.54. The molecule has 0 bridgehead atoms. The second kappa shape index (κ2) is 13.4. The molecule has 38 heavy (non-hydrogen) atoms. The van der Waals surface area contributed by atoms with Crippen LogP contribution in [0.5, 0.6) is 11.5 Å². The Morgan fingerprint density at radius 2 is 2.13 bits per heavy atom. The Balaban J connectivity index is 1.51. The molecular formula is C31H41N4O3+. The molecule has 0 spiro atoms. The number of hydrogen-bond donors (Lipinski definition) is 0. The molecule has 7 nitrogen and oxygen atoms in total. The van der Waals surface area contributed by atoms with E-state index in [2.05, 4.69) is 35.5 Å². The number of carbonyl (C=O) groups excluding carboxylic acids is 1. The summed E-state index contributed by atoms with van der Waals surface area (Å²) in [4.78, 5) is 22.5. The van der Waals surface area contributed by atoms with E-state index in [0.29, 0.717) is 12.5 Å². The number of amides is 1. The van der Waals surface area contributed by atoms with Crippen LogP contribution in [0.25, 0.3) is 0 Å². The topological polar surface area (TPSA) is 58.3 Å². The van der Waals surface area contributed by atoms with Crippen molar-refractivity contribution in [2.45, 2.75) is 57.9 Å². The van der Waals surface area contributed by atoms with Crippen LogP contribution in [0.15, 0.2) is 72.1 Å². The number of pyridine rings is 1. The molecule has 3 heterocycles. The van der Waals surface area contributed by atoms with Gasteiger partial charge < -0.3 is 14.4 Å². The summed E-state index contributed by atoms with van der Waals surface area (Å²) in [5.41, 5.74) is 3.04. The predicted octanol–water partition coefficient (Wildman–Crippen LogP) is 5.17. The van der Waals surface area contributed by atoms with Gasteiger partial charge in [0, 0.05) is 37.1 Å². The number of benzene rings is 1. The van der Waals surface area contributed by atoms with Crippen LogP contribution in [0.4, 0.5) is 5.69 Å². The van der Waals surface area contributed by atoms with Gasteiger partial charge in [0.05, 0.1) is 6.54 Å². The summed E-state index contributed by atoms with van der Waals surface area (Å²) in [5.74, 6) is 2.07. The summed E-state index contributed by atoms with van der Waals surface area (Å²) < 4.78 is 13.1. The van der Waals surface area contributed by atoms with Crippen molar-refractivity contribution in [2.24, 2.45) is 12.0 Å². The molecule has 2 aliphatic heterocycles. The van der Waals surface area contributed by atoms with Crippen molar-refractivity contribution in [3.63, 3.8) is 0 Å². The largest absolute Gasteiger partial charge is 0.454 e. The number of fused-ring (bicyclic) bond motifs is 1. The number of ether oxygens (including phenoxy) is 2. The SMILES string of the molecule is C=C(CCC1CC(c2ccc3c(c2)OCO3)CN1CC(=O)N(CCCC)c1ccc[n+](C)c1)N=C/C=C\C. The van der Waals surface area contributed by atoms with Crippen molar-refractivity contribution in [3.8, 4) is 11.5 Å². The number of carbonyl (C=O) groups is 1. The lowest BCUT2D eigenvalue weighted by molar-refractivity contribution is -0.670. The van der Waals surface area contributed by atoms with Crippen LogP contribution >= 0.6 is 0 Å². The van der Waals surface area contributed by atoms with Crippen LogP contribution in [0.1, 0.15) is 57.4 Å². The molecule has 7 heteroatoms. The fourth-order valence-electron chi connectivity index (χ4n) is 5.22. The minimum Gasteiger partial charge on any atom is -0.454 e. The van der Waals surface area contributed by atoms with Crippen LogP contribution in [0.2, 0.25) is 0 Å². The Bertz CT molecular complexity index is 1180. The van der Waals surface area contributed by atoms with E-state index in [4.69, 9.17) is 9.47 Å². The van der Waals surface area contributed by atoms with E-state index in [1.54, 1.807) is 6.21 Å². The molecule has 2 atom stereocenters. The first-order valence-electron chi connectivity index (χ1n) is 13.7. The molecule has 1 aromatic heterocycles. The van der Waals surface area contributed by atoms with Gasteiger partial charge in [-0.3, -0.25) is 14.7 Å². The standard InChI is InChI=1S/C31H41N4O3/c1-5-7-15-32-24(3)11-13-27-18-26(25-12-14-29-30(19-25)38-23-37-29)20-34(27)22-31(36)35(17-8-6-2)28-10-9-16-33(4)21-28/h5,7,9-10,12,14-16,19,21,26-27H,3,6,8,11,13,17-18,20,22-23H2,1-2,4H3/q+1/b7-5-,32-15?. The maximum Gasteiger partial charge on any atom is 0.241 e. The van der Waals surface area contributed by atoms with Gasteiger partial charge >= 0.3 is 0 Å². The van der Waals surface area contributed by atoms with Crippen LogP contribution in [-0.2, 0) is 11.8 Å². The monoisotopic (exact) mass is 517 g/mol. The zero-order chi connectivity index (χ0) is 26.9. The zero-order valence-electron chi connectivity index (χ0n) is 23.0. The lowest BCUT2D eigenvalue weighted by atomic mass is 9.94.